The highest BCUT2D eigenvalue weighted by Crippen LogP contribution is 2.25. The van der Waals surface area contributed by atoms with Gasteiger partial charge in [-0.15, -0.1) is 0 Å². The van der Waals surface area contributed by atoms with Gasteiger partial charge >= 0.3 is 0 Å². The summed E-state index contributed by atoms with van der Waals surface area (Å²) in [6.07, 6.45) is 3.13. The van der Waals surface area contributed by atoms with Crippen molar-refractivity contribution in [2.45, 2.75) is 38.4 Å². The highest BCUT2D eigenvalue weighted by molar-refractivity contribution is 9.10. The average Bonchev–Trinajstić information content (AvgIpc) is 2.29. The summed E-state index contributed by atoms with van der Waals surface area (Å²) in [7, 11) is -1.11. The van der Waals surface area contributed by atoms with Gasteiger partial charge in [-0.05, 0) is 50.8 Å². The second-order valence-electron chi connectivity index (χ2n) is 4.52. The van der Waals surface area contributed by atoms with E-state index < -0.39 is 11.0 Å². The number of rotatable bonds is 2. The third-order valence-corrected chi connectivity index (χ3v) is 4.55. The van der Waals surface area contributed by atoms with E-state index in [2.05, 4.69) is 38.5 Å². The molecular formula is C13H16BrNOS. The molecule has 1 atom stereocenters. The SMILES string of the molecule is CC(C)S(=O)N=C1CCCc2ccc(Br)cc21. The summed E-state index contributed by atoms with van der Waals surface area (Å²) >= 11 is 3.48. The summed E-state index contributed by atoms with van der Waals surface area (Å²) in [6.45, 7) is 3.87. The Labute approximate surface area is 113 Å². The first-order valence-electron chi connectivity index (χ1n) is 5.85. The minimum atomic E-state index is -1.11. The molecule has 2 rings (SSSR count). The van der Waals surface area contributed by atoms with Gasteiger partial charge in [-0.2, -0.15) is 4.40 Å². The van der Waals surface area contributed by atoms with Gasteiger partial charge in [0.1, 0.15) is 11.0 Å². The second kappa shape index (κ2) is 5.44. The van der Waals surface area contributed by atoms with Crippen molar-refractivity contribution in [2.24, 2.45) is 4.40 Å². The number of halogens is 1. The normalized spacial score (nSPS) is 19.4. The van der Waals surface area contributed by atoms with Crippen LogP contribution >= 0.6 is 15.9 Å². The van der Waals surface area contributed by atoms with Crippen LogP contribution in [0.25, 0.3) is 0 Å². The maximum Gasteiger partial charge on any atom is 0.142 e. The molecule has 0 aliphatic heterocycles. The third-order valence-electron chi connectivity index (χ3n) is 2.85. The molecule has 1 aliphatic rings. The van der Waals surface area contributed by atoms with Crippen molar-refractivity contribution >= 4 is 32.6 Å². The highest BCUT2D eigenvalue weighted by atomic mass is 79.9. The van der Waals surface area contributed by atoms with E-state index in [0.29, 0.717) is 0 Å². The summed E-state index contributed by atoms with van der Waals surface area (Å²) < 4.78 is 17.3. The Balaban J connectivity index is 2.40. The van der Waals surface area contributed by atoms with Crippen LogP contribution in [0.15, 0.2) is 27.1 Å². The monoisotopic (exact) mass is 313 g/mol. The molecule has 92 valence electrons. The lowest BCUT2D eigenvalue weighted by molar-refractivity contribution is 0.678. The van der Waals surface area contributed by atoms with Crippen LogP contribution in [-0.2, 0) is 17.4 Å². The number of hydrogen-bond donors (Lipinski definition) is 0. The first-order chi connectivity index (χ1) is 8.08. The molecule has 0 fully saturated rings. The molecule has 0 N–H and O–H groups in total. The smallest absolute Gasteiger partial charge is 0.142 e. The molecule has 1 aliphatic carbocycles. The van der Waals surface area contributed by atoms with E-state index in [1.807, 2.05) is 13.8 Å². The van der Waals surface area contributed by atoms with E-state index in [-0.39, 0.29) is 5.25 Å². The fourth-order valence-electron chi connectivity index (χ4n) is 1.93. The van der Waals surface area contributed by atoms with Gasteiger partial charge in [0.05, 0.1) is 11.0 Å². The van der Waals surface area contributed by atoms with Crippen molar-refractivity contribution < 1.29 is 4.21 Å². The van der Waals surface area contributed by atoms with Crippen LogP contribution in [0, 0.1) is 0 Å². The number of aryl methyl sites for hydroxylation is 1. The van der Waals surface area contributed by atoms with E-state index in [9.17, 15) is 4.21 Å². The standard InChI is InChI=1S/C13H16BrNOS/c1-9(2)17(16)15-13-5-3-4-10-6-7-11(14)8-12(10)13/h6-9H,3-5H2,1-2H3. The van der Waals surface area contributed by atoms with Gasteiger partial charge in [-0.3, -0.25) is 0 Å². The predicted molar refractivity (Wildman–Crippen MR) is 76.9 cm³/mol. The van der Waals surface area contributed by atoms with Crippen LogP contribution in [0.4, 0.5) is 0 Å². The maximum absolute atomic E-state index is 11.8. The summed E-state index contributed by atoms with van der Waals surface area (Å²) in [5, 5.41) is 0.0834. The Morgan fingerprint density at radius 2 is 2.12 bits per heavy atom. The van der Waals surface area contributed by atoms with Crippen molar-refractivity contribution in [3.05, 3.63) is 33.8 Å². The molecule has 0 aromatic heterocycles. The molecule has 0 radical (unpaired) electrons. The lowest BCUT2D eigenvalue weighted by Crippen LogP contribution is -2.14. The Bertz CT molecular complexity index is 482. The molecule has 2 nitrogen and oxygen atoms in total. The minimum absolute atomic E-state index is 0.0834. The third kappa shape index (κ3) is 3.05. The van der Waals surface area contributed by atoms with Crippen molar-refractivity contribution in [2.75, 3.05) is 0 Å². The minimum Gasteiger partial charge on any atom is -0.235 e. The molecule has 0 spiro atoms. The first kappa shape index (κ1) is 13.0. The van der Waals surface area contributed by atoms with Crippen LogP contribution in [0.2, 0.25) is 0 Å². The quantitative estimate of drug-likeness (QED) is 0.819. The molecule has 4 heteroatoms. The molecule has 0 saturated carbocycles. The molecule has 17 heavy (non-hydrogen) atoms. The fourth-order valence-corrected chi connectivity index (χ4v) is 2.90. The Hall–Kier alpha value is -0.480. The van der Waals surface area contributed by atoms with Gasteiger partial charge in [-0.1, -0.05) is 22.0 Å². The van der Waals surface area contributed by atoms with Crippen LogP contribution < -0.4 is 0 Å². The summed E-state index contributed by atoms with van der Waals surface area (Å²) in [5.74, 6) is 0. The van der Waals surface area contributed by atoms with E-state index in [1.165, 1.54) is 11.1 Å². The zero-order valence-corrected chi connectivity index (χ0v) is 12.5. The number of fused-ring (bicyclic) bond motifs is 1. The number of hydrogen-bond acceptors (Lipinski definition) is 1. The van der Waals surface area contributed by atoms with Crippen LogP contribution in [0.1, 0.15) is 37.8 Å². The topological polar surface area (TPSA) is 29.4 Å². The largest absolute Gasteiger partial charge is 0.235 e. The van der Waals surface area contributed by atoms with Crippen LogP contribution in [-0.4, -0.2) is 15.2 Å². The van der Waals surface area contributed by atoms with Gasteiger partial charge in [0.15, 0.2) is 0 Å². The van der Waals surface area contributed by atoms with E-state index in [0.717, 1.165) is 29.4 Å². The van der Waals surface area contributed by atoms with E-state index in [4.69, 9.17) is 0 Å². The summed E-state index contributed by atoms with van der Waals surface area (Å²) in [4.78, 5) is 0. The maximum atomic E-state index is 11.8. The van der Waals surface area contributed by atoms with Crippen LogP contribution in [0.5, 0.6) is 0 Å². The average molecular weight is 314 g/mol. The number of benzene rings is 1. The van der Waals surface area contributed by atoms with Gasteiger partial charge in [0, 0.05) is 10.0 Å². The lowest BCUT2D eigenvalue weighted by Gasteiger charge is -2.18. The zero-order valence-electron chi connectivity index (χ0n) is 10.1. The van der Waals surface area contributed by atoms with Gasteiger partial charge < -0.3 is 0 Å². The van der Waals surface area contributed by atoms with E-state index >= 15 is 0 Å². The summed E-state index contributed by atoms with van der Waals surface area (Å²) in [5.41, 5.74) is 3.48. The van der Waals surface area contributed by atoms with Gasteiger partial charge in [-0.25, -0.2) is 4.21 Å². The van der Waals surface area contributed by atoms with Gasteiger partial charge in [0.2, 0.25) is 0 Å². The highest BCUT2D eigenvalue weighted by Gasteiger charge is 2.17. The van der Waals surface area contributed by atoms with E-state index in [1.54, 1.807) is 0 Å². The van der Waals surface area contributed by atoms with Crippen molar-refractivity contribution in [1.29, 1.82) is 0 Å². The molecule has 0 amide bonds. The summed E-state index contributed by atoms with van der Waals surface area (Å²) in [6, 6.07) is 6.28. The number of nitrogens with zero attached hydrogens (tertiary/aromatic N) is 1. The van der Waals surface area contributed by atoms with Crippen molar-refractivity contribution in [3.63, 3.8) is 0 Å². The van der Waals surface area contributed by atoms with Crippen molar-refractivity contribution in [1.82, 2.24) is 0 Å². The Morgan fingerprint density at radius 1 is 1.35 bits per heavy atom. The van der Waals surface area contributed by atoms with Gasteiger partial charge in [0.25, 0.3) is 0 Å². The molecule has 1 aromatic carbocycles. The van der Waals surface area contributed by atoms with Crippen LogP contribution in [0.3, 0.4) is 0 Å². The predicted octanol–water partition coefficient (Wildman–Crippen LogP) is 3.65. The first-order valence-corrected chi connectivity index (χ1v) is 7.81. The fraction of sp³-hybridized carbons (Fsp3) is 0.462. The molecule has 1 unspecified atom stereocenters. The molecule has 0 heterocycles. The molecule has 0 saturated heterocycles. The molecule has 0 bridgehead atoms. The zero-order chi connectivity index (χ0) is 12.4. The lowest BCUT2D eigenvalue weighted by atomic mass is 9.90. The molecule has 1 aromatic rings. The van der Waals surface area contributed by atoms with Crippen molar-refractivity contribution in [3.8, 4) is 0 Å². The molecular weight excluding hydrogens is 298 g/mol. The Morgan fingerprint density at radius 3 is 2.82 bits per heavy atom. The second-order valence-corrected chi connectivity index (χ2v) is 7.11. The Kier molecular flexibility index (Phi) is 4.15.